The second-order valence-corrected chi connectivity index (χ2v) is 20.0. The SMILES string of the molecule is [Cl][Pt-2]([Cl])([Cl])[Cl].[NH2-].[NH2-].[NH2-].[NH2-].[Pt+2]. The summed E-state index contributed by atoms with van der Waals surface area (Å²) < 4.78 is 0. The maximum Gasteiger partial charge on any atom is 2.00 e. The fourth-order valence-electron chi connectivity index (χ4n) is 0. The first-order valence-electron chi connectivity index (χ1n) is 0.478. The molecule has 0 bridgehead atoms. The predicted molar refractivity (Wildman–Crippen MR) is 44.5 cm³/mol. The topological polar surface area (TPSA) is 134 Å². The van der Waals surface area contributed by atoms with Crippen LogP contribution in [-0.4, -0.2) is 0 Å². The molecule has 0 heterocycles. The molecule has 0 aliphatic carbocycles. The van der Waals surface area contributed by atoms with Crippen molar-refractivity contribution >= 4 is 37.7 Å². The molecule has 0 saturated heterocycles. The summed E-state index contributed by atoms with van der Waals surface area (Å²) in [5, 5.41) is 0. The van der Waals surface area contributed by atoms with Crippen molar-refractivity contribution in [3.8, 4) is 0 Å². The van der Waals surface area contributed by atoms with E-state index < -0.39 is 11.9 Å². The van der Waals surface area contributed by atoms with Crippen molar-refractivity contribution in [2.24, 2.45) is 0 Å². The van der Waals surface area contributed by atoms with E-state index in [2.05, 4.69) is 0 Å². The summed E-state index contributed by atoms with van der Waals surface area (Å²) in [5.74, 6) is 0. The van der Waals surface area contributed by atoms with Gasteiger partial charge in [-0.2, -0.15) is 0 Å². The zero-order valence-electron chi connectivity index (χ0n) is 4.45. The molecule has 0 aliphatic rings. The van der Waals surface area contributed by atoms with Crippen LogP contribution in [0.5, 0.6) is 0 Å². The zero-order valence-corrected chi connectivity index (χ0v) is 12.0. The van der Waals surface area contributed by atoms with Gasteiger partial charge in [-0.25, -0.2) is 0 Å². The molecule has 8 N–H and O–H groups in total. The van der Waals surface area contributed by atoms with Crippen LogP contribution in [0.1, 0.15) is 0 Å². The van der Waals surface area contributed by atoms with Gasteiger partial charge in [-0.3, -0.25) is 0 Å². The molecule has 10 heteroatoms. The first kappa shape index (κ1) is 39.4. The van der Waals surface area contributed by atoms with Crippen LogP contribution in [0.15, 0.2) is 0 Å². The Balaban J connectivity index is -0.00000000800. The van der Waals surface area contributed by atoms with Gasteiger partial charge in [0.15, 0.2) is 0 Å². The predicted octanol–water partition coefficient (Wildman–Crippen LogP) is 5.62. The van der Waals surface area contributed by atoms with Crippen molar-refractivity contribution in [1.29, 1.82) is 0 Å². The Morgan fingerprint density at radius 3 is 0.600 bits per heavy atom. The van der Waals surface area contributed by atoms with Crippen LogP contribution in [0.4, 0.5) is 0 Å². The van der Waals surface area contributed by atoms with Crippen molar-refractivity contribution in [3.63, 3.8) is 0 Å². The molecule has 0 unspecified atom stereocenters. The summed E-state index contributed by atoms with van der Waals surface area (Å²) in [6.45, 7) is 0. The summed E-state index contributed by atoms with van der Waals surface area (Å²) in [6.07, 6.45) is 0. The summed E-state index contributed by atoms with van der Waals surface area (Å²) in [4.78, 5) is 0. The van der Waals surface area contributed by atoms with Crippen LogP contribution >= 0.6 is 37.7 Å². The van der Waals surface area contributed by atoms with E-state index in [4.69, 9.17) is 37.7 Å². The van der Waals surface area contributed by atoms with Crippen molar-refractivity contribution in [3.05, 3.63) is 24.6 Å². The minimum Gasteiger partial charge on any atom is -0.693 e. The average Bonchev–Trinajstić information content (AvgIpc) is 0.722. The molecule has 4 nitrogen and oxygen atoms in total. The molecule has 0 aromatic carbocycles. The van der Waals surface area contributed by atoms with Crippen molar-refractivity contribution < 1.29 is 33.0 Å². The zero-order chi connectivity index (χ0) is 4.50. The van der Waals surface area contributed by atoms with Gasteiger partial charge in [-0.15, -0.1) is 0 Å². The average molecular weight is 596 g/mol. The quantitative estimate of drug-likeness (QED) is 0.344. The molecule has 10 heavy (non-hydrogen) atoms. The summed E-state index contributed by atoms with van der Waals surface area (Å²) >= 11 is -3.06. The molecule has 0 rings (SSSR count). The maximum absolute atomic E-state index is 5.01. The van der Waals surface area contributed by atoms with Gasteiger partial charge in [0, 0.05) is 0 Å². The van der Waals surface area contributed by atoms with Crippen LogP contribution in [0.2, 0.25) is 0 Å². The Labute approximate surface area is 94.2 Å². The molecule has 0 saturated carbocycles. The van der Waals surface area contributed by atoms with E-state index in [0.29, 0.717) is 0 Å². The minimum atomic E-state index is -3.06. The number of rotatable bonds is 0. The number of nitrogens with two attached hydrogens (primary N) is 4. The van der Waals surface area contributed by atoms with E-state index in [0.717, 1.165) is 0 Å². The Morgan fingerprint density at radius 2 is 0.600 bits per heavy atom. The van der Waals surface area contributed by atoms with Crippen molar-refractivity contribution in [1.82, 2.24) is 0 Å². The number of hydrogen-bond donors (Lipinski definition) is 0. The molecule has 0 radical (unpaired) electrons. The van der Waals surface area contributed by atoms with Gasteiger partial charge in [0.2, 0.25) is 0 Å². The normalized spacial score (nSPS) is 7.60. The third-order valence-electron chi connectivity index (χ3n) is 0. The second kappa shape index (κ2) is 17.5. The maximum atomic E-state index is 5.01. The van der Waals surface area contributed by atoms with Gasteiger partial charge in [-0.05, 0) is 0 Å². The fraction of sp³-hybridized carbons (Fsp3) is 0. The van der Waals surface area contributed by atoms with Crippen LogP contribution in [0.3, 0.4) is 0 Å². The molecule has 0 spiro atoms. The van der Waals surface area contributed by atoms with E-state index in [9.17, 15) is 0 Å². The Morgan fingerprint density at radius 1 is 0.600 bits per heavy atom. The smallest absolute Gasteiger partial charge is 0.693 e. The first-order chi connectivity index (χ1) is 2.00. The van der Waals surface area contributed by atoms with Gasteiger partial charge < -0.3 is 24.6 Å². The number of halogens is 4. The molecule has 0 atom stereocenters. The molecule has 0 aliphatic heterocycles. The van der Waals surface area contributed by atoms with Crippen molar-refractivity contribution in [2.45, 2.75) is 0 Å². The molecule has 0 fully saturated rings. The van der Waals surface area contributed by atoms with Gasteiger partial charge in [0.1, 0.15) is 0 Å². The summed E-state index contributed by atoms with van der Waals surface area (Å²) in [7, 11) is 20.0. The second-order valence-electron chi connectivity index (χ2n) is 0.271. The molecular weight excluding hydrogens is 588 g/mol. The van der Waals surface area contributed by atoms with Crippen LogP contribution in [0, 0.1) is 0 Å². The van der Waals surface area contributed by atoms with Crippen LogP contribution in [0.25, 0.3) is 24.6 Å². The summed E-state index contributed by atoms with van der Waals surface area (Å²) in [6, 6.07) is 0. The third kappa shape index (κ3) is 162. The van der Waals surface area contributed by atoms with Gasteiger partial charge in [-0.1, -0.05) is 0 Å². The van der Waals surface area contributed by atoms with E-state index in [-0.39, 0.29) is 45.7 Å². The molecule has 80 valence electrons. The monoisotopic (exact) mass is 594 g/mol. The van der Waals surface area contributed by atoms with E-state index in [1.807, 2.05) is 0 Å². The van der Waals surface area contributed by atoms with E-state index in [1.54, 1.807) is 0 Å². The Kier molecular flexibility index (Phi) is 68.8. The van der Waals surface area contributed by atoms with E-state index >= 15 is 0 Å². The largest absolute Gasteiger partial charge is 2.00 e. The van der Waals surface area contributed by atoms with E-state index in [1.165, 1.54) is 0 Å². The molecule has 0 aromatic rings. The fourth-order valence-corrected chi connectivity index (χ4v) is 0. The standard InChI is InChI=1S/4ClH.4H2N.2Pt/h4*1H;4*1H2;;/q;;;;4*-1;2*+2/p-4. The Bertz CT molecular complexity index is 30.7. The van der Waals surface area contributed by atoms with Gasteiger partial charge in [0.25, 0.3) is 0 Å². The van der Waals surface area contributed by atoms with Crippen molar-refractivity contribution in [2.75, 3.05) is 0 Å². The molecule has 0 aromatic heterocycles. The summed E-state index contributed by atoms with van der Waals surface area (Å²) in [5.41, 5.74) is 0. The van der Waals surface area contributed by atoms with Crippen LogP contribution in [-0.2, 0) is 33.0 Å². The van der Waals surface area contributed by atoms with Gasteiger partial charge >= 0.3 is 70.6 Å². The van der Waals surface area contributed by atoms with Gasteiger partial charge in [0.05, 0.1) is 0 Å². The minimum absolute atomic E-state index is 0. The molecular formula is H8Cl4N4Pt2-4. The number of hydrogen-bond acceptors (Lipinski definition) is 0. The third-order valence-corrected chi connectivity index (χ3v) is 0. The first-order valence-corrected chi connectivity index (χ1v) is 11.7. The Hall–Kier alpha value is 2.38. The van der Waals surface area contributed by atoms with Crippen LogP contribution < -0.4 is 0 Å². The molecule has 0 amide bonds.